The Morgan fingerprint density at radius 2 is 1.75 bits per heavy atom. The number of rotatable bonds is 4. The van der Waals surface area contributed by atoms with Gasteiger partial charge in [0.1, 0.15) is 11.6 Å². The second-order valence-electron chi connectivity index (χ2n) is 6.92. The molecule has 1 aliphatic rings. The summed E-state index contributed by atoms with van der Waals surface area (Å²) in [4.78, 5) is 8.02. The maximum absolute atomic E-state index is 14.0. The summed E-state index contributed by atoms with van der Waals surface area (Å²) >= 11 is 0. The Morgan fingerprint density at radius 3 is 2.43 bits per heavy atom. The average Bonchev–Trinajstić information content (AvgIpc) is 3.12. The van der Waals surface area contributed by atoms with E-state index >= 15 is 0 Å². The Hall–Kier alpha value is -2.77. The Balaban J connectivity index is 1.68. The predicted octanol–water partition coefficient (Wildman–Crippen LogP) is 4.21. The summed E-state index contributed by atoms with van der Waals surface area (Å²) in [5, 5.41) is 0. The van der Waals surface area contributed by atoms with E-state index in [1.807, 2.05) is 18.2 Å². The van der Waals surface area contributed by atoms with Crippen LogP contribution in [0.4, 0.5) is 4.39 Å². The number of aromatic nitrogens is 2. The molecule has 7 heteroatoms. The van der Waals surface area contributed by atoms with Gasteiger partial charge in [-0.1, -0.05) is 30.4 Å². The summed E-state index contributed by atoms with van der Waals surface area (Å²) in [5.74, 6) is 0.488. The highest BCUT2D eigenvalue weighted by Crippen LogP contribution is 2.32. The summed E-state index contributed by atoms with van der Waals surface area (Å²) in [6.07, 6.45) is 5.31. The van der Waals surface area contributed by atoms with Crippen LogP contribution >= 0.6 is 0 Å². The third kappa shape index (κ3) is 3.27. The first-order chi connectivity index (χ1) is 13.4. The van der Waals surface area contributed by atoms with Gasteiger partial charge in [-0.3, -0.25) is 0 Å². The van der Waals surface area contributed by atoms with Crippen molar-refractivity contribution in [1.29, 1.82) is 0 Å². The fraction of sp³-hybridized carbons (Fsp3) is 0.190. The minimum Gasteiger partial charge on any atom is -0.338 e. The zero-order chi connectivity index (χ0) is 19.9. The normalized spacial score (nSPS) is 15.0. The zero-order valence-electron chi connectivity index (χ0n) is 15.6. The minimum atomic E-state index is -3.50. The molecule has 0 spiro atoms. The molecule has 28 heavy (non-hydrogen) atoms. The molecule has 0 fully saturated rings. The molecule has 1 aliphatic carbocycles. The highest BCUT2D eigenvalue weighted by molar-refractivity contribution is 7.89. The van der Waals surface area contributed by atoms with Gasteiger partial charge in [-0.05, 0) is 48.3 Å². The molecule has 1 aromatic heterocycles. The molecule has 1 heterocycles. The molecule has 0 radical (unpaired) electrons. The van der Waals surface area contributed by atoms with E-state index < -0.39 is 10.0 Å². The zero-order valence-corrected chi connectivity index (χ0v) is 16.4. The number of H-pyrrole nitrogens is 1. The lowest BCUT2D eigenvalue weighted by molar-refractivity contribution is 0.521. The van der Waals surface area contributed by atoms with Crippen molar-refractivity contribution in [3.63, 3.8) is 0 Å². The van der Waals surface area contributed by atoms with Crippen molar-refractivity contribution in [2.75, 3.05) is 14.1 Å². The summed E-state index contributed by atoms with van der Waals surface area (Å²) < 4.78 is 39.8. The van der Waals surface area contributed by atoms with Crippen molar-refractivity contribution in [2.45, 2.75) is 17.7 Å². The van der Waals surface area contributed by atoms with Crippen molar-refractivity contribution in [2.24, 2.45) is 0 Å². The van der Waals surface area contributed by atoms with Crippen LogP contribution in [-0.4, -0.2) is 36.8 Å². The summed E-state index contributed by atoms with van der Waals surface area (Å²) in [7, 11) is -0.492. The number of fused-ring (bicyclic) bond motifs is 1. The van der Waals surface area contributed by atoms with E-state index in [9.17, 15) is 12.8 Å². The lowest BCUT2D eigenvalue weighted by Gasteiger charge is -2.14. The number of hydrogen-bond acceptors (Lipinski definition) is 3. The predicted molar refractivity (Wildman–Crippen MR) is 109 cm³/mol. The molecule has 0 atom stereocenters. The van der Waals surface area contributed by atoms with Crippen LogP contribution in [0.25, 0.3) is 22.2 Å². The minimum absolute atomic E-state index is 0.219. The standard InChI is InChI=1S/C21H20FN3O2S/c1-25(2)28(26,27)16-11-12-19-20(13-16)24-21(23-19)15-9-7-14(8-10-15)17-5-3-4-6-18(17)22/h3-7,9,11-13H,8,10H2,1-2H3,(H,23,24). The van der Waals surface area contributed by atoms with E-state index in [-0.39, 0.29) is 10.7 Å². The number of sulfonamides is 1. The van der Waals surface area contributed by atoms with Gasteiger partial charge >= 0.3 is 0 Å². The smallest absolute Gasteiger partial charge is 0.242 e. The van der Waals surface area contributed by atoms with Gasteiger partial charge < -0.3 is 4.98 Å². The van der Waals surface area contributed by atoms with Crippen LogP contribution in [0, 0.1) is 5.82 Å². The van der Waals surface area contributed by atoms with E-state index in [1.165, 1.54) is 24.5 Å². The van der Waals surface area contributed by atoms with Crippen molar-refractivity contribution in [3.05, 3.63) is 71.8 Å². The number of allylic oxidation sites excluding steroid dienone is 4. The van der Waals surface area contributed by atoms with Gasteiger partial charge in [0.05, 0.1) is 15.9 Å². The number of hydrogen-bond donors (Lipinski definition) is 1. The van der Waals surface area contributed by atoms with Gasteiger partial charge in [-0.15, -0.1) is 0 Å². The molecular formula is C21H20FN3O2S. The largest absolute Gasteiger partial charge is 0.338 e. The molecule has 1 N–H and O–H groups in total. The molecule has 4 rings (SSSR count). The number of nitrogens with zero attached hydrogens (tertiary/aromatic N) is 2. The molecule has 0 unspecified atom stereocenters. The molecule has 0 bridgehead atoms. The second-order valence-corrected chi connectivity index (χ2v) is 9.07. The van der Waals surface area contributed by atoms with E-state index in [2.05, 4.69) is 9.97 Å². The van der Waals surface area contributed by atoms with E-state index in [1.54, 1.807) is 30.3 Å². The molecule has 144 valence electrons. The first-order valence-electron chi connectivity index (χ1n) is 8.93. The van der Waals surface area contributed by atoms with Crippen LogP contribution in [0.5, 0.6) is 0 Å². The maximum atomic E-state index is 14.0. The molecule has 5 nitrogen and oxygen atoms in total. The van der Waals surface area contributed by atoms with Crippen molar-refractivity contribution in [3.8, 4) is 0 Å². The second kappa shape index (κ2) is 7.00. The van der Waals surface area contributed by atoms with E-state index in [4.69, 9.17) is 0 Å². The lowest BCUT2D eigenvalue weighted by Crippen LogP contribution is -2.22. The number of imidazole rings is 1. The fourth-order valence-corrected chi connectivity index (χ4v) is 4.22. The Morgan fingerprint density at radius 1 is 1.04 bits per heavy atom. The van der Waals surface area contributed by atoms with Crippen molar-refractivity contribution in [1.82, 2.24) is 14.3 Å². The molecule has 2 aromatic carbocycles. The molecular weight excluding hydrogens is 377 g/mol. The maximum Gasteiger partial charge on any atom is 0.242 e. The van der Waals surface area contributed by atoms with Crippen LogP contribution < -0.4 is 0 Å². The van der Waals surface area contributed by atoms with Crippen LogP contribution in [0.15, 0.2) is 59.5 Å². The third-order valence-electron chi connectivity index (χ3n) is 4.91. The molecule has 3 aromatic rings. The summed E-state index contributed by atoms with van der Waals surface area (Å²) in [6, 6.07) is 11.6. The van der Waals surface area contributed by atoms with Gasteiger partial charge in [0.25, 0.3) is 0 Å². The van der Waals surface area contributed by atoms with Crippen molar-refractivity contribution < 1.29 is 12.8 Å². The Labute approximate surface area is 163 Å². The summed E-state index contributed by atoms with van der Waals surface area (Å²) in [6.45, 7) is 0. The van der Waals surface area contributed by atoms with Gasteiger partial charge in [0.2, 0.25) is 10.0 Å². The summed E-state index contributed by atoms with van der Waals surface area (Å²) in [5.41, 5.74) is 3.96. The topological polar surface area (TPSA) is 66.1 Å². The first kappa shape index (κ1) is 18.6. The van der Waals surface area contributed by atoms with Crippen molar-refractivity contribution >= 4 is 32.2 Å². The van der Waals surface area contributed by atoms with Gasteiger partial charge in [-0.25, -0.2) is 22.1 Å². The van der Waals surface area contributed by atoms with Crippen LogP contribution in [0.2, 0.25) is 0 Å². The average molecular weight is 397 g/mol. The van der Waals surface area contributed by atoms with E-state index in [0.717, 1.165) is 17.6 Å². The quantitative estimate of drug-likeness (QED) is 0.717. The number of aromatic amines is 1. The SMILES string of the molecule is CN(C)S(=O)(=O)c1ccc2nc(C3=CC=C(c4ccccc4F)CC3)[nH]c2c1. The van der Waals surface area contributed by atoms with Crippen LogP contribution in [-0.2, 0) is 10.0 Å². The lowest BCUT2D eigenvalue weighted by atomic mass is 9.93. The number of halogens is 1. The first-order valence-corrected chi connectivity index (χ1v) is 10.4. The third-order valence-corrected chi connectivity index (χ3v) is 6.72. The molecule has 0 amide bonds. The highest BCUT2D eigenvalue weighted by Gasteiger charge is 2.19. The van der Waals surface area contributed by atoms with Gasteiger partial charge in [-0.2, -0.15) is 0 Å². The van der Waals surface area contributed by atoms with Gasteiger partial charge in [0.15, 0.2) is 0 Å². The number of benzene rings is 2. The Kier molecular flexibility index (Phi) is 4.64. The fourth-order valence-electron chi connectivity index (χ4n) is 3.29. The van der Waals surface area contributed by atoms with Crippen LogP contribution in [0.1, 0.15) is 24.2 Å². The Bertz CT molecular complexity index is 1220. The highest BCUT2D eigenvalue weighted by atomic mass is 32.2. The molecule has 0 aliphatic heterocycles. The van der Waals surface area contributed by atoms with Crippen LogP contribution in [0.3, 0.4) is 0 Å². The monoisotopic (exact) mass is 397 g/mol. The molecule has 0 saturated carbocycles. The number of nitrogens with one attached hydrogen (secondary N) is 1. The molecule has 0 saturated heterocycles. The van der Waals surface area contributed by atoms with E-state index in [0.29, 0.717) is 28.8 Å². The van der Waals surface area contributed by atoms with Gasteiger partial charge in [0, 0.05) is 19.7 Å².